The first kappa shape index (κ1) is 14.1. The highest BCUT2D eigenvalue weighted by Gasteiger charge is 2.11. The van der Waals surface area contributed by atoms with E-state index in [0.29, 0.717) is 28.5 Å². The van der Waals surface area contributed by atoms with Gasteiger partial charge in [0.25, 0.3) is 0 Å². The maximum absolute atomic E-state index is 13.2. The van der Waals surface area contributed by atoms with Crippen LogP contribution in [0.15, 0.2) is 30.5 Å². The molecule has 1 heterocycles. The third-order valence-electron chi connectivity index (χ3n) is 2.87. The Kier molecular flexibility index (Phi) is 4.40. The Morgan fingerprint density at radius 1 is 1.15 bits per heavy atom. The summed E-state index contributed by atoms with van der Waals surface area (Å²) in [6.45, 7) is 1.90. The van der Waals surface area contributed by atoms with Gasteiger partial charge in [0.05, 0.1) is 14.2 Å². The van der Waals surface area contributed by atoms with Crippen LogP contribution in [0.1, 0.15) is 11.3 Å². The number of pyridine rings is 1. The third kappa shape index (κ3) is 2.99. The minimum Gasteiger partial charge on any atom is -0.493 e. The molecule has 0 unspecified atom stereocenters. The van der Waals surface area contributed by atoms with Gasteiger partial charge in [0.1, 0.15) is 23.9 Å². The summed E-state index contributed by atoms with van der Waals surface area (Å²) in [5.41, 5.74) is 1.15. The molecule has 1 aromatic heterocycles. The summed E-state index contributed by atoms with van der Waals surface area (Å²) in [4.78, 5) is 4.21. The van der Waals surface area contributed by atoms with Crippen LogP contribution in [0.2, 0.25) is 0 Å². The van der Waals surface area contributed by atoms with Crippen molar-refractivity contribution in [3.05, 3.63) is 47.5 Å². The highest BCUT2D eigenvalue weighted by molar-refractivity contribution is 5.42. The van der Waals surface area contributed by atoms with Crippen molar-refractivity contribution in [2.75, 3.05) is 14.2 Å². The first-order chi connectivity index (χ1) is 9.65. The van der Waals surface area contributed by atoms with Gasteiger partial charge in [0.15, 0.2) is 11.5 Å². The number of ether oxygens (including phenoxy) is 3. The lowest BCUT2D eigenvalue weighted by atomic mass is 10.2. The predicted molar refractivity (Wildman–Crippen MR) is 72.8 cm³/mol. The van der Waals surface area contributed by atoms with Crippen LogP contribution in [-0.2, 0) is 6.61 Å². The molecule has 20 heavy (non-hydrogen) atoms. The van der Waals surface area contributed by atoms with Crippen molar-refractivity contribution in [2.45, 2.75) is 13.5 Å². The largest absolute Gasteiger partial charge is 0.493 e. The van der Waals surface area contributed by atoms with Crippen LogP contribution < -0.4 is 14.2 Å². The van der Waals surface area contributed by atoms with Gasteiger partial charge in [-0.1, -0.05) is 0 Å². The quantitative estimate of drug-likeness (QED) is 0.842. The van der Waals surface area contributed by atoms with Crippen LogP contribution in [0.4, 0.5) is 4.39 Å². The Morgan fingerprint density at radius 2 is 1.95 bits per heavy atom. The standard InChI is InChI=1S/C15H16FNO3/c1-10-8-11(4-5-12(10)16)20-9-13-15(19-3)14(18-2)6-7-17-13/h4-8H,9H2,1-3H3. The Labute approximate surface area is 117 Å². The van der Waals surface area contributed by atoms with E-state index >= 15 is 0 Å². The minimum atomic E-state index is -0.255. The summed E-state index contributed by atoms with van der Waals surface area (Å²) >= 11 is 0. The van der Waals surface area contributed by atoms with Gasteiger partial charge in [-0.3, -0.25) is 4.98 Å². The first-order valence-corrected chi connectivity index (χ1v) is 6.10. The molecule has 2 rings (SSSR count). The van der Waals surface area contributed by atoms with E-state index in [0.717, 1.165) is 0 Å². The van der Waals surface area contributed by atoms with Crippen LogP contribution in [0.5, 0.6) is 17.2 Å². The van der Waals surface area contributed by atoms with Gasteiger partial charge in [0.2, 0.25) is 0 Å². The summed E-state index contributed by atoms with van der Waals surface area (Å²) in [7, 11) is 3.11. The number of hydrogen-bond acceptors (Lipinski definition) is 4. The van der Waals surface area contributed by atoms with Crippen molar-refractivity contribution in [3.8, 4) is 17.2 Å². The zero-order chi connectivity index (χ0) is 14.5. The lowest BCUT2D eigenvalue weighted by Crippen LogP contribution is -2.03. The Bertz CT molecular complexity index is 602. The van der Waals surface area contributed by atoms with Gasteiger partial charge in [-0.25, -0.2) is 4.39 Å². The number of hydrogen-bond donors (Lipinski definition) is 0. The topological polar surface area (TPSA) is 40.6 Å². The molecule has 0 bridgehead atoms. The summed E-state index contributed by atoms with van der Waals surface area (Å²) in [6.07, 6.45) is 1.62. The molecule has 0 amide bonds. The molecule has 0 saturated carbocycles. The van der Waals surface area contributed by atoms with E-state index in [4.69, 9.17) is 14.2 Å². The molecule has 1 aromatic carbocycles. The lowest BCUT2D eigenvalue weighted by molar-refractivity contribution is 0.284. The Morgan fingerprint density at radius 3 is 2.60 bits per heavy atom. The highest BCUT2D eigenvalue weighted by Crippen LogP contribution is 2.29. The van der Waals surface area contributed by atoms with E-state index in [1.54, 1.807) is 45.5 Å². The number of nitrogens with zero attached hydrogens (tertiary/aromatic N) is 1. The molecule has 106 valence electrons. The van der Waals surface area contributed by atoms with Gasteiger partial charge in [0, 0.05) is 12.3 Å². The third-order valence-corrected chi connectivity index (χ3v) is 2.87. The van der Waals surface area contributed by atoms with Crippen molar-refractivity contribution in [3.63, 3.8) is 0 Å². The number of aromatic nitrogens is 1. The molecule has 2 aromatic rings. The van der Waals surface area contributed by atoms with E-state index in [2.05, 4.69) is 4.98 Å². The molecule has 0 saturated heterocycles. The number of methoxy groups -OCH3 is 2. The average molecular weight is 277 g/mol. The molecule has 0 N–H and O–H groups in total. The average Bonchev–Trinajstić information content (AvgIpc) is 2.47. The van der Waals surface area contributed by atoms with Crippen molar-refractivity contribution < 1.29 is 18.6 Å². The highest BCUT2D eigenvalue weighted by atomic mass is 19.1. The van der Waals surface area contributed by atoms with Crippen molar-refractivity contribution in [1.82, 2.24) is 4.98 Å². The van der Waals surface area contributed by atoms with E-state index in [9.17, 15) is 4.39 Å². The van der Waals surface area contributed by atoms with E-state index < -0.39 is 0 Å². The second-order valence-electron chi connectivity index (χ2n) is 4.19. The fourth-order valence-corrected chi connectivity index (χ4v) is 1.81. The lowest BCUT2D eigenvalue weighted by Gasteiger charge is -2.12. The summed E-state index contributed by atoms with van der Waals surface area (Å²) < 4.78 is 29.2. The van der Waals surface area contributed by atoms with Crippen molar-refractivity contribution in [2.24, 2.45) is 0 Å². The van der Waals surface area contributed by atoms with E-state index in [-0.39, 0.29) is 12.4 Å². The van der Waals surface area contributed by atoms with Crippen molar-refractivity contribution in [1.29, 1.82) is 0 Å². The number of halogens is 1. The van der Waals surface area contributed by atoms with Gasteiger partial charge >= 0.3 is 0 Å². The van der Waals surface area contributed by atoms with Crippen LogP contribution in [0.3, 0.4) is 0 Å². The van der Waals surface area contributed by atoms with Gasteiger partial charge in [-0.15, -0.1) is 0 Å². The molecule has 0 spiro atoms. The fraction of sp³-hybridized carbons (Fsp3) is 0.267. The molecule has 5 heteroatoms. The number of benzene rings is 1. The van der Waals surface area contributed by atoms with Gasteiger partial charge in [-0.2, -0.15) is 0 Å². The Hall–Kier alpha value is -2.30. The molecule has 4 nitrogen and oxygen atoms in total. The maximum Gasteiger partial charge on any atom is 0.185 e. The second-order valence-corrected chi connectivity index (χ2v) is 4.19. The normalized spacial score (nSPS) is 10.2. The molecule has 0 radical (unpaired) electrons. The summed E-state index contributed by atoms with van der Waals surface area (Å²) in [5.74, 6) is 1.45. The minimum absolute atomic E-state index is 0.214. The molecular formula is C15H16FNO3. The monoisotopic (exact) mass is 277 g/mol. The van der Waals surface area contributed by atoms with Crippen molar-refractivity contribution >= 4 is 0 Å². The zero-order valence-electron chi connectivity index (χ0n) is 11.6. The SMILES string of the molecule is COc1ccnc(COc2ccc(F)c(C)c2)c1OC. The first-order valence-electron chi connectivity index (χ1n) is 6.10. The van der Waals surface area contributed by atoms with E-state index in [1.807, 2.05) is 0 Å². The van der Waals surface area contributed by atoms with Crippen LogP contribution in [0, 0.1) is 12.7 Å². The van der Waals surface area contributed by atoms with Crippen LogP contribution >= 0.6 is 0 Å². The zero-order valence-corrected chi connectivity index (χ0v) is 11.6. The molecule has 0 fully saturated rings. The fourth-order valence-electron chi connectivity index (χ4n) is 1.81. The molecule has 0 atom stereocenters. The molecule has 0 aliphatic rings. The smallest absolute Gasteiger partial charge is 0.185 e. The summed E-state index contributed by atoms with van der Waals surface area (Å²) in [5, 5.41) is 0. The molecular weight excluding hydrogens is 261 g/mol. The maximum atomic E-state index is 13.2. The number of rotatable bonds is 5. The number of aryl methyl sites for hydroxylation is 1. The van der Waals surface area contributed by atoms with Crippen LogP contribution in [0.25, 0.3) is 0 Å². The van der Waals surface area contributed by atoms with E-state index in [1.165, 1.54) is 6.07 Å². The summed E-state index contributed by atoms with van der Waals surface area (Å²) in [6, 6.07) is 6.31. The molecule has 0 aliphatic heterocycles. The second kappa shape index (κ2) is 6.23. The van der Waals surface area contributed by atoms with Gasteiger partial charge < -0.3 is 14.2 Å². The predicted octanol–water partition coefficient (Wildman–Crippen LogP) is 3.13. The van der Waals surface area contributed by atoms with Crippen LogP contribution in [-0.4, -0.2) is 19.2 Å². The van der Waals surface area contributed by atoms with Gasteiger partial charge in [-0.05, 0) is 30.7 Å². The Balaban J connectivity index is 2.16. The molecule has 0 aliphatic carbocycles.